The van der Waals surface area contributed by atoms with Crippen LogP contribution in [-0.4, -0.2) is 47.1 Å². The van der Waals surface area contributed by atoms with Gasteiger partial charge in [-0.3, -0.25) is 0 Å². The topological polar surface area (TPSA) is 35.2 Å². The normalized spacial score (nSPS) is 28.4. The monoisotopic (exact) mass is 228 g/mol. The van der Waals surface area contributed by atoms with Crippen molar-refractivity contribution in [1.29, 1.82) is 0 Å². The molecule has 4 heterocycles. The van der Waals surface area contributed by atoms with Gasteiger partial charge in [0, 0.05) is 25.2 Å². The number of nitrogens with zero attached hydrogens (tertiary/aromatic N) is 3. The predicted octanol–water partition coefficient (Wildman–Crippen LogP) is 1.46. The molecule has 3 aliphatic rings. The van der Waals surface area contributed by atoms with Crippen LogP contribution in [0.15, 0.2) is 24.5 Å². The Kier molecular flexibility index (Phi) is 1.80. The fraction of sp³-hybridized carbons (Fsp3) is 0.462. The number of hydrogen-bond acceptors (Lipinski definition) is 3. The molecule has 1 aromatic carbocycles. The molecule has 2 atom stereocenters. The summed E-state index contributed by atoms with van der Waals surface area (Å²) in [7, 11) is 2.21. The predicted molar refractivity (Wildman–Crippen MR) is 68.3 cm³/mol. The lowest BCUT2D eigenvalue weighted by molar-refractivity contribution is 0.140. The van der Waals surface area contributed by atoms with Gasteiger partial charge in [0.2, 0.25) is 0 Å². The molecule has 2 aromatic rings. The highest BCUT2D eigenvalue weighted by molar-refractivity contribution is 5.89. The van der Waals surface area contributed by atoms with E-state index in [1.807, 2.05) is 0 Å². The number of rotatable bonds is 1. The number of piperazine rings is 1. The molecule has 3 fully saturated rings. The van der Waals surface area contributed by atoms with E-state index in [4.69, 9.17) is 0 Å². The highest BCUT2D eigenvalue weighted by Gasteiger charge is 2.44. The Bertz CT molecular complexity index is 549. The van der Waals surface area contributed by atoms with Gasteiger partial charge in [0.25, 0.3) is 0 Å². The molecule has 0 spiro atoms. The number of aromatic nitrogens is 2. The van der Waals surface area contributed by atoms with Crippen LogP contribution in [0.5, 0.6) is 0 Å². The van der Waals surface area contributed by atoms with Crippen LogP contribution in [0.25, 0.3) is 11.0 Å². The van der Waals surface area contributed by atoms with Gasteiger partial charge in [-0.2, -0.15) is 0 Å². The van der Waals surface area contributed by atoms with Crippen LogP contribution in [0.4, 0.5) is 5.69 Å². The zero-order chi connectivity index (χ0) is 11.4. The number of para-hydroxylation sites is 1. The van der Waals surface area contributed by atoms with E-state index >= 15 is 0 Å². The number of H-pyrrole nitrogens is 1. The molecule has 2 bridgehead atoms. The quantitative estimate of drug-likeness (QED) is 0.802. The van der Waals surface area contributed by atoms with Crippen molar-refractivity contribution < 1.29 is 0 Å². The van der Waals surface area contributed by atoms with Crippen LogP contribution in [-0.2, 0) is 0 Å². The lowest BCUT2D eigenvalue weighted by atomic mass is 9.87. The zero-order valence-corrected chi connectivity index (χ0v) is 9.93. The number of imidazole rings is 1. The summed E-state index contributed by atoms with van der Waals surface area (Å²) in [5.74, 6) is 0. The van der Waals surface area contributed by atoms with Crippen molar-refractivity contribution in [3.8, 4) is 0 Å². The number of benzene rings is 1. The first-order valence-electron chi connectivity index (χ1n) is 6.22. The highest BCUT2D eigenvalue weighted by Crippen LogP contribution is 2.38. The molecule has 1 N–H and O–H groups in total. The van der Waals surface area contributed by atoms with Crippen molar-refractivity contribution >= 4 is 16.7 Å². The second-order valence-corrected chi connectivity index (χ2v) is 5.25. The number of fused-ring (bicyclic) bond motifs is 3. The van der Waals surface area contributed by atoms with Crippen LogP contribution in [0.3, 0.4) is 0 Å². The average molecular weight is 228 g/mol. The van der Waals surface area contributed by atoms with Crippen LogP contribution < -0.4 is 4.90 Å². The van der Waals surface area contributed by atoms with E-state index in [1.54, 1.807) is 6.33 Å². The summed E-state index contributed by atoms with van der Waals surface area (Å²) in [5, 5.41) is 0. The first-order valence-corrected chi connectivity index (χ1v) is 6.22. The van der Waals surface area contributed by atoms with Crippen molar-refractivity contribution in [2.45, 2.75) is 18.5 Å². The Morgan fingerprint density at radius 2 is 2.12 bits per heavy atom. The van der Waals surface area contributed by atoms with Crippen molar-refractivity contribution in [2.24, 2.45) is 0 Å². The molecule has 88 valence electrons. The third-order valence-electron chi connectivity index (χ3n) is 4.08. The second-order valence-electron chi connectivity index (χ2n) is 5.25. The number of piperidine rings is 1. The fourth-order valence-electron chi connectivity index (χ4n) is 3.37. The molecule has 5 rings (SSSR count). The highest BCUT2D eigenvalue weighted by atomic mass is 15.4. The Morgan fingerprint density at radius 3 is 2.94 bits per heavy atom. The Hall–Kier alpha value is -1.55. The number of likely N-dealkylation sites (N-methyl/N-ethyl adjacent to an activating group) is 1. The molecule has 0 radical (unpaired) electrons. The molecule has 0 saturated carbocycles. The maximum atomic E-state index is 4.46. The van der Waals surface area contributed by atoms with Gasteiger partial charge in [0.1, 0.15) is 5.52 Å². The van der Waals surface area contributed by atoms with Gasteiger partial charge in [-0.1, -0.05) is 6.07 Å². The molecule has 3 aliphatic heterocycles. The third kappa shape index (κ3) is 1.24. The molecule has 0 aliphatic carbocycles. The summed E-state index contributed by atoms with van der Waals surface area (Å²) in [6.45, 7) is 2.36. The van der Waals surface area contributed by atoms with Gasteiger partial charge in [-0.05, 0) is 25.6 Å². The maximum Gasteiger partial charge on any atom is 0.112 e. The molecular formula is C13H16N4. The minimum atomic E-state index is 0.682. The smallest absolute Gasteiger partial charge is 0.112 e. The fourth-order valence-corrected chi connectivity index (χ4v) is 3.37. The zero-order valence-electron chi connectivity index (χ0n) is 9.93. The average Bonchev–Trinajstić information content (AvgIpc) is 2.77. The van der Waals surface area contributed by atoms with Gasteiger partial charge in [0.05, 0.1) is 17.5 Å². The van der Waals surface area contributed by atoms with Crippen molar-refractivity contribution in [1.82, 2.24) is 14.9 Å². The van der Waals surface area contributed by atoms with Crippen LogP contribution in [0, 0.1) is 0 Å². The molecule has 3 saturated heterocycles. The summed E-state index contributed by atoms with van der Waals surface area (Å²) in [5.41, 5.74) is 3.56. The summed E-state index contributed by atoms with van der Waals surface area (Å²) in [4.78, 5) is 12.6. The molecule has 17 heavy (non-hydrogen) atoms. The van der Waals surface area contributed by atoms with E-state index in [-0.39, 0.29) is 0 Å². The van der Waals surface area contributed by atoms with Gasteiger partial charge in [-0.15, -0.1) is 0 Å². The number of aromatic amines is 1. The number of anilines is 1. The van der Waals surface area contributed by atoms with E-state index in [0.717, 1.165) is 11.0 Å². The Morgan fingerprint density at radius 1 is 1.29 bits per heavy atom. The SMILES string of the molecule is CN1CC2CC(C1)N2c1cccc2[nH]cnc12. The Balaban J connectivity index is 1.78. The standard InChI is InChI=1S/C13H16N4/c1-16-6-9-5-10(7-16)17(9)12-4-2-3-11-13(12)15-8-14-11/h2-4,8-10H,5-7H2,1H3,(H,14,15). The summed E-state index contributed by atoms with van der Waals surface area (Å²) in [6, 6.07) is 7.77. The van der Waals surface area contributed by atoms with E-state index < -0.39 is 0 Å². The first-order chi connectivity index (χ1) is 8.33. The Labute approximate surface area is 100 Å². The molecule has 2 unspecified atom stereocenters. The molecule has 0 amide bonds. The summed E-state index contributed by atoms with van der Waals surface area (Å²) in [6.07, 6.45) is 3.13. The minimum Gasteiger partial charge on any atom is -0.361 e. The number of hydrogen-bond donors (Lipinski definition) is 1. The summed E-state index contributed by atoms with van der Waals surface area (Å²) >= 11 is 0. The second kappa shape index (κ2) is 3.23. The van der Waals surface area contributed by atoms with E-state index in [9.17, 15) is 0 Å². The largest absolute Gasteiger partial charge is 0.361 e. The molecule has 4 nitrogen and oxygen atoms in total. The lowest BCUT2D eigenvalue weighted by Crippen LogP contribution is -2.68. The molecular weight excluding hydrogens is 212 g/mol. The minimum absolute atomic E-state index is 0.682. The van der Waals surface area contributed by atoms with Crippen LogP contribution in [0.1, 0.15) is 6.42 Å². The van der Waals surface area contributed by atoms with Crippen LogP contribution in [0.2, 0.25) is 0 Å². The third-order valence-corrected chi connectivity index (χ3v) is 4.08. The first kappa shape index (κ1) is 9.48. The van der Waals surface area contributed by atoms with Gasteiger partial charge in [-0.25, -0.2) is 4.98 Å². The lowest BCUT2D eigenvalue weighted by Gasteiger charge is -2.57. The molecule has 4 heteroatoms. The van der Waals surface area contributed by atoms with Crippen LogP contribution >= 0.6 is 0 Å². The van der Waals surface area contributed by atoms with Gasteiger partial charge >= 0.3 is 0 Å². The molecule has 1 aromatic heterocycles. The number of nitrogens with one attached hydrogen (secondary N) is 1. The van der Waals surface area contributed by atoms with E-state index in [1.165, 1.54) is 25.2 Å². The van der Waals surface area contributed by atoms with Crippen molar-refractivity contribution in [2.75, 3.05) is 25.0 Å². The van der Waals surface area contributed by atoms with E-state index in [2.05, 4.69) is 45.0 Å². The maximum absolute atomic E-state index is 4.46. The van der Waals surface area contributed by atoms with Crippen molar-refractivity contribution in [3.05, 3.63) is 24.5 Å². The van der Waals surface area contributed by atoms with E-state index in [0.29, 0.717) is 12.1 Å². The van der Waals surface area contributed by atoms with Gasteiger partial charge < -0.3 is 14.8 Å². The van der Waals surface area contributed by atoms with Crippen molar-refractivity contribution in [3.63, 3.8) is 0 Å². The summed E-state index contributed by atoms with van der Waals surface area (Å²) < 4.78 is 0. The van der Waals surface area contributed by atoms with Gasteiger partial charge in [0.15, 0.2) is 0 Å².